The van der Waals surface area contributed by atoms with Crippen molar-refractivity contribution in [3.05, 3.63) is 24.0 Å². The minimum absolute atomic E-state index is 0.213. The maximum absolute atomic E-state index is 13.7. The van der Waals surface area contributed by atoms with Crippen molar-refractivity contribution in [2.45, 2.75) is 24.8 Å². The minimum Gasteiger partial charge on any atom is -0.398 e. The summed E-state index contributed by atoms with van der Waals surface area (Å²) in [5.41, 5.74) is 10.3. The van der Waals surface area contributed by atoms with Crippen LogP contribution in [0, 0.1) is 5.82 Å². The van der Waals surface area contributed by atoms with Crippen LogP contribution in [0.1, 0.15) is 13.8 Å². The fraction of sp³-hybridized carbons (Fsp3) is 0.364. The van der Waals surface area contributed by atoms with E-state index in [2.05, 4.69) is 0 Å². The van der Waals surface area contributed by atoms with Gasteiger partial charge in [0.05, 0.1) is 12.2 Å². The lowest BCUT2D eigenvalue weighted by atomic mass is 10.3. The predicted octanol–water partition coefficient (Wildman–Crippen LogP) is 0.292. The molecule has 1 amide bonds. The van der Waals surface area contributed by atoms with E-state index in [4.69, 9.17) is 11.5 Å². The molecule has 8 heteroatoms. The van der Waals surface area contributed by atoms with Crippen molar-refractivity contribution in [1.29, 1.82) is 0 Å². The van der Waals surface area contributed by atoms with Crippen LogP contribution in [0.3, 0.4) is 0 Å². The fourth-order valence-corrected chi connectivity index (χ4v) is 3.38. The Labute approximate surface area is 111 Å². The quantitative estimate of drug-likeness (QED) is 0.760. The number of carbonyl (C=O) groups is 1. The van der Waals surface area contributed by atoms with Gasteiger partial charge in [0.15, 0.2) is 0 Å². The highest BCUT2D eigenvalue weighted by atomic mass is 32.2. The average Bonchev–Trinajstić information content (AvgIpc) is 2.24. The molecule has 0 spiro atoms. The summed E-state index contributed by atoms with van der Waals surface area (Å²) in [6.07, 6.45) is 0. The summed E-state index contributed by atoms with van der Waals surface area (Å²) in [4.78, 5) is 10.3. The lowest BCUT2D eigenvalue weighted by Crippen LogP contribution is -2.43. The Morgan fingerprint density at radius 3 is 2.42 bits per heavy atom. The number of anilines is 1. The molecule has 0 saturated heterocycles. The summed E-state index contributed by atoms with van der Waals surface area (Å²) < 4.78 is 39.2. The van der Waals surface area contributed by atoms with Gasteiger partial charge in [-0.25, -0.2) is 12.8 Å². The standard InChI is InChI=1S/C11H16FN3O3S/c1-7(2)15(6-10(14)16)19(17,18)11-8(12)4-3-5-9(11)13/h3-5,7H,6,13H2,1-2H3,(H2,14,16). The molecule has 0 bridgehead atoms. The summed E-state index contributed by atoms with van der Waals surface area (Å²) in [5.74, 6) is -1.79. The van der Waals surface area contributed by atoms with Gasteiger partial charge < -0.3 is 11.5 Å². The molecule has 0 heterocycles. The molecule has 0 aliphatic carbocycles. The Morgan fingerprint density at radius 2 is 2.00 bits per heavy atom. The van der Waals surface area contributed by atoms with Crippen molar-refractivity contribution in [2.24, 2.45) is 5.73 Å². The van der Waals surface area contributed by atoms with Crippen LogP contribution in [0.4, 0.5) is 10.1 Å². The molecule has 6 nitrogen and oxygen atoms in total. The number of nitrogens with two attached hydrogens (primary N) is 2. The molecule has 1 rings (SSSR count). The number of hydrogen-bond donors (Lipinski definition) is 2. The number of primary amides is 1. The molecule has 0 aliphatic rings. The number of halogens is 1. The number of nitrogen functional groups attached to an aromatic ring is 1. The third-order valence-corrected chi connectivity index (χ3v) is 4.57. The topological polar surface area (TPSA) is 106 Å². The van der Waals surface area contributed by atoms with E-state index in [1.807, 2.05) is 0 Å². The van der Waals surface area contributed by atoms with Crippen molar-refractivity contribution in [3.63, 3.8) is 0 Å². The summed E-state index contributed by atoms with van der Waals surface area (Å²) in [6.45, 7) is 2.57. The van der Waals surface area contributed by atoms with Gasteiger partial charge in [-0.05, 0) is 26.0 Å². The summed E-state index contributed by atoms with van der Waals surface area (Å²) in [5, 5.41) is 0. The Hall–Kier alpha value is -1.67. The number of amides is 1. The Bertz CT molecular complexity index is 567. The van der Waals surface area contributed by atoms with Crippen LogP contribution in [-0.4, -0.2) is 31.2 Å². The molecule has 0 atom stereocenters. The van der Waals surface area contributed by atoms with Gasteiger partial charge >= 0.3 is 0 Å². The van der Waals surface area contributed by atoms with Crippen molar-refractivity contribution in [2.75, 3.05) is 12.3 Å². The SMILES string of the molecule is CC(C)N(CC(N)=O)S(=O)(=O)c1c(N)cccc1F. The van der Waals surface area contributed by atoms with E-state index in [1.54, 1.807) is 13.8 Å². The van der Waals surface area contributed by atoms with E-state index < -0.39 is 39.2 Å². The van der Waals surface area contributed by atoms with Gasteiger partial charge in [0.25, 0.3) is 0 Å². The van der Waals surface area contributed by atoms with Crippen molar-refractivity contribution in [1.82, 2.24) is 4.31 Å². The number of carbonyl (C=O) groups excluding carboxylic acids is 1. The van der Waals surface area contributed by atoms with Crippen LogP contribution in [0.15, 0.2) is 23.1 Å². The Kier molecular flexibility index (Phi) is 4.48. The summed E-state index contributed by atoms with van der Waals surface area (Å²) in [6, 6.07) is 3.01. The minimum atomic E-state index is -4.22. The molecule has 106 valence electrons. The zero-order chi connectivity index (χ0) is 14.8. The van der Waals surface area contributed by atoms with Crippen LogP contribution >= 0.6 is 0 Å². The maximum atomic E-state index is 13.7. The van der Waals surface area contributed by atoms with E-state index in [1.165, 1.54) is 12.1 Å². The van der Waals surface area contributed by atoms with E-state index >= 15 is 0 Å². The molecular weight excluding hydrogens is 273 g/mol. The molecule has 0 fully saturated rings. The normalized spacial score (nSPS) is 12.1. The number of sulfonamides is 1. The second-order valence-corrected chi connectivity index (χ2v) is 6.10. The zero-order valence-corrected chi connectivity index (χ0v) is 11.4. The molecule has 0 aliphatic heterocycles. The third kappa shape index (κ3) is 3.21. The second-order valence-electron chi connectivity index (χ2n) is 4.27. The fourth-order valence-electron chi connectivity index (χ4n) is 1.61. The number of benzene rings is 1. The molecule has 0 unspecified atom stereocenters. The lowest BCUT2D eigenvalue weighted by molar-refractivity contribution is -0.118. The highest BCUT2D eigenvalue weighted by Crippen LogP contribution is 2.26. The van der Waals surface area contributed by atoms with Gasteiger partial charge in [-0.1, -0.05) is 6.07 Å². The first-order valence-corrected chi connectivity index (χ1v) is 6.96. The van der Waals surface area contributed by atoms with E-state index in [-0.39, 0.29) is 5.69 Å². The van der Waals surface area contributed by atoms with Crippen LogP contribution in [0.2, 0.25) is 0 Å². The molecule has 0 aromatic heterocycles. The van der Waals surface area contributed by atoms with Gasteiger partial charge in [-0.15, -0.1) is 0 Å². The van der Waals surface area contributed by atoms with Crippen molar-refractivity contribution < 1.29 is 17.6 Å². The molecule has 1 aromatic rings. The van der Waals surface area contributed by atoms with Gasteiger partial charge in [0, 0.05) is 6.04 Å². The molecule has 19 heavy (non-hydrogen) atoms. The van der Waals surface area contributed by atoms with Crippen LogP contribution in [-0.2, 0) is 14.8 Å². The van der Waals surface area contributed by atoms with Crippen LogP contribution in [0.25, 0.3) is 0 Å². The van der Waals surface area contributed by atoms with E-state index in [9.17, 15) is 17.6 Å². The third-order valence-electron chi connectivity index (χ3n) is 2.45. The van der Waals surface area contributed by atoms with Gasteiger partial charge in [-0.2, -0.15) is 4.31 Å². The molecule has 4 N–H and O–H groups in total. The Morgan fingerprint density at radius 1 is 1.42 bits per heavy atom. The van der Waals surface area contributed by atoms with E-state index in [0.29, 0.717) is 0 Å². The summed E-state index contributed by atoms with van der Waals surface area (Å²) in [7, 11) is -4.22. The van der Waals surface area contributed by atoms with Gasteiger partial charge in [0.1, 0.15) is 10.7 Å². The smallest absolute Gasteiger partial charge is 0.248 e. The summed E-state index contributed by atoms with van der Waals surface area (Å²) >= 11 is 0. The van der Waals surface area contributed by atoms with Crippen LogP contribution < -0.4 is 11.5 Å². The first-order chi connectivity index (χ1) is 8.67. The predicted molar refractivity (Wildman–Crippen MR) is 69.0 cm³/mol. The van der Waals surface area contributed by atoms with E-state index in [0.717, 1.165) is 10.4 Å². The highest BCUT2D eigenvalue weighted by molar-refractivity contribution is 7.89. The monoisotopic (exact) mass is 289 g/mol. The van der Waals surface area contributed by atoms with Crippen molar-refractivity contribution in [3.8, 4) is 0 Å². The van der Waals surface area contributed by atoms with Gasteiger partial charge in [-0.3, -0.25) is 4.79 Å². The number of hydrogen-bond acceptors (Lipinski definition) is 4. The molecular formula is C11H16FN3O3S. The maximum Gasteiger partial charge on any atom is 0.248 e. The first kappa shape index (κ1) is 15.4. The molecule has 0 radical (unpaired) electrons. The number of rotatable bonds is 5. The first-order valence-electron chi connectivity index (χ1n) is 5.52. The zero-order valence-electron chi connectivity index (χ0n) is 10.6. The molecule has 0 saturated carbocycles. The highest BCUT2D eigenvalue weighted by Gasteiger charge is 2.32. The second kappa shape index (κ2) is 5.54. The number of nitrogens with zero attached hydrogens (tertiary/aromatic N) is 1. The average molecular weight is 289 g/mol. The van der Waals surface area contributed by atoms with Crippen molar-refractivity contribution >= 4 is 21.6 Å². The lowest BCUT2D eigenvalue weighted by Gasteiger charge is -2.25. The van der Waals surface area contributed by atoms with Gasteiger partial charge in [0.2, 0.25) is 15.9 Å². The Balaban J connectivity index is 3.39. The molecule has 1 aromatic carbocycles. The van der Waals surface area contributed by atoms with Crippen LogP contribution in [0.5, 0.6) is 0 Å². The largest absolute Gasteiger partial charge is 0.398 e.